The van der Waals surface area contributed by atoms with Crippen LogP contribution < -0.4 is 10.5 Å². The summed E-state index contributed by atoms with van der Waals surface area (Å²) in [7, 11) is 0. The van der Waals surface area contributed by atoms with Crippen molar-refractivity contribution in [2.75, 3.05) is 6.54 Å². The first-order valence-corrected chi connectivity index (χ1v) is 4.60. The van der Waals surface area contributed by atoms with Crippen molar-refractivity contribution in [1.82, 2.24) is 0 Å². The fraction of sp³-hybridized carbons (Fsp3) is 0.400. The number of alkyl halides is 3. The van der Waals surface area contributed by atoms with E-state index in [1.807, 2.05) is 0 Å². The van der Waals surface area contributed by atoms with Crippen LogP contribution in [0.15, 0.2) is 24.3 Å². The molecule has 0 spiro atoms. The maximum absolute atomic E-state index is 12.3. The maximum atomic E-state index is 12.3. The summed E-state index contributed by atoms with van der Waals surface area (Å²) in [6.07, 6.45) is -6.49. The Morgan fingerprint density at radius 1 is 1.25 bits per heavy atom. The van der Waals surface area contributed by atoms with E-state index in [1.54, 1.807) is 0 Å². The highest BCUT2D eigenvalue weighted by Gasteiger charge is 2.40. The van der Waals surface area contributed by atoms with Crippen LogP contribution in [-0.2, 0) is 6.61 Å². The van der Waals surface area contributed by atoms with Gasteiger partial charge in [-0.05, 0) is 17.7 Å². The number of aliphatic hydroxyl groups excluding tert-OH is 1. The number of nitrogens with two attached hydrogens (primary N) is 1. The largest absolute Gasteiger partial charge is 0.480 e. The molecule has 1 aromatic carbocycles. The molecular formula is C10H12F3NO2. The second kappa shape index (κ2) is 5.18. The van der Waals surface area contributed by atoms with Crippen LogP contribution in [0.4, 0.5) is 13.2 Å². The van der Waals surface area contributed by atoms with Gasteiger partial charge in [-0.25, -0.2) is 0 Å². The number of ether oxygens (including phenoxy) is 1. The van der Waals surface area contributed by atoms with Gasteiger partial charge in [-0.2, -0.15) is 13.2 Å². The van der Waals surface area contributed by atoms with Crippen molar-refractivity contribution >= 4 is 0 Å². The molecule has 1 unspecified atom stereocenters. The molecule has 1 rings (SSSR count). The normalized spacial score (nSPS) is 13.6. The first kappa shape index (κ1) is 12.8. The highest BCUT2D eigenvalue weighted by molar-refractivity contribution is 5.27. The third-order valence-corrected chi connectivity index (χ3v) is 1.96. The zero-order valence-electron chi connectivity index (χ0n) is 8.37. The van der Waals surface area contributed by atoms with E-state index in [-0.39, 0.29) is 12.4 Å². The van der Waals surface area contributed by atoms with Crippen molar-refractivity contribution in [3.8, 4) is 5.75 Å². The molecule has 0 aliphatic rings. The highest BCUT2D eigenvalue weighted by atomic mass is 19.4. The lowest BCUT2D eigenvalue weighted by Gasteiger charge is -2.20. The number of rotatable bonds is 4. The van der Waals surface area contributed by atoms with Crippen LogP contribution in [0.3, 0.4) is 0 Å². The number of halogens is 3. The van der Waals surface area contributed by atoms with Crippen molar-refractivity contribution < 1.29 is 23.0 Å². The SMILES string of the molecule is NCC(Oc1ccc(CO)cc1)C(F)(F)F. The molecule has 0 fully saturated rings. The average molecular weight is 235 g/mol. The Bertz CT molecular complexity index is 324. The van der Waals surface area contributed by atoms with Crippen molar-refractivity contribution in [3.63, 3.8) is 0 Å². The van der Waals surface area contributed by atoms with Gasteiger partial charge in [-0.3, -0.25) is 0 Å². The summed E-state index contributed by atoms with van der Waals surface area (Å²) in [6, 6.07) is 5.69. The lowest BCUT2D eigenvalue weighted by molar-refractivity contribution is -0.191. The molecule has 0 radical (unpaired) electrons. The van der Waals surface area contributed by atoms with Crippen molar-refractivity contribution in [1.29, 1.82) is 0 Å². The standard InChI is InChI=1S/C10H12F3NO2/c11-10(12,13)9(5-14)16-8-3-1-7(6-15)2-4-8/h1-4,9,15H,5-6,14H2. The molecule has 1 aromatic rings. The minimum absolute atomic E-state index is 0.0741. The summed E-state index contributed by atoms with van der Waals surface area (Å²) < 4.78 is 41.6. The monoisotopic (exact) mass is 235 g/mol. The summed E-state index contributed by atoms with van der Waals surface area (Å²) in [4.78, 5) is 0. The van der Waals surface area contributed by atoms with Gasteiger partial charge in [-0.1, -0.05) is 12.1 Å². The Morgan fingerprint density at radius 3 is 2.19 bits per heavy atom. The van der Waals surface area contributed by atoms with Gasteiger partial charge in [0.25, 0.3) is 0 Å². The first-order valence-electron chi connectivity index (χ1n) is 4.60. The minimum Gasteiger partial charge on any atom is -0.480 e. The number of aliphatic hydroxyl groups is 1. The zero-order chi connectivity index (χ0) is 12.2. The van der Waals surface area contributed by atoms with Crippen LogP contribution in [0, 0.1) is 0 Å². The molecule has 0 aliphatic carbocycles. The first-order chi connectivity index (χ1) is 7.47. The Balaban J connectivity index is 2.71. The lowest BCUT2D eigenvalue weighted by Crippen LogP contribution is -2.40. The van der Waals surface area contributed by atoms with E-state index in [0.29, 0.717) is 5.56 Å². The zero-order valence-corrected chi connectivity index (χ0v) is 8.37. The smallest absolute Gasteiger partial charge is 0.426 e. The van der Waals surface area contributed by atoms with Crippen LogP contribution in [-0.4, -0.2) is 23.9 Å². The Kier molecular flexibility index (Phi) is 4.14. The van der Waals surface area contributed by atoms with Crippen LogP contribution in [0.1, 0.15) is 5.56 Å². The molecule has 0 aromatic heterocycles. The van der Waals surface area contributed by atoms with Gasteiger partial charge in [0.05, 0.1) is 6.61 Å². The van der Waals surface area contributed by atoms with Crippen molar-refractivity contribution in [2.45, 2.75) is 18.9 Å². The molecule has 16 heavy (non-hydrogen) atoms. The second-order valence-corrected chi connectivity index (χ2v) is 3.19. The van der Waals surface area contributed by atoms with Gasteiger partial charge in [0.15, 0.2) is 0 Å². The Morgan fingerprint density at radius 2 is 1.81 bits per heavy atom. The number of benzene rings is 1. The Hall–Kier alpha value is -1.27. The van der Waals surface area contributed by atoms with Crippen molar-refractivity contribution in [2.24, 2.45) is 5.73 Å². The summed E-state index contributed by atoms with van der Waals surface area (Å²) >= 11 is 0. The third kappa shape index (κ3) is 3.39. The second-order valence-electron chi connectivity index (χ2n) is 3.19. The van der Waals surface area contributed by atoms with E-state index in [1.165, 1.54) is 24.3 Å². The molecule has 3 nitrogen and oxygen atoms in total. The molecule has 0 heterocycles. The molecule has 1 atom stereocenters. The summed E-state index contributed by atoms with van der Waals surface area (Å²) in [5.41, 5.74) is 5.58. The fourth-order valence-corrected chi connectivity index (χ4v) is 1.09. The molecule has 0 aliphatic heterocycles. The number of hydrogen-bond acceptors (Lipinski definition) is 3. The molecule has 0 saturated carbocycles. The van der Waals surface area contributed by atoms with E-state index in [0.717, 1.165) is 0 Å². The van der Waals surface area contributed by atoms with E-state index in [2.05, 4.69) is 0 Å². The minimum atomic E-state index is -4.48. The predicted octanol–water partition coefficient (Wildman–Crippen LogP) is 1.45. The summed E-state index contributed by atoms with van der Waals surface area (Å²) in [5, 5.41) is 8.74. The van der Waals surface area contributed by atoms with Crippen LogP contribution in [0.25, 0.3) is 0 Å². The van der Waals surface area contributed by atoms with Crippen LogP contribution >= 0.6 is 0 Å². The van der Waals surface area contributed by atoms with Gasteiger partial charge < -0.3 is 15.6 Å². The average Bonchev–Trinajstić information content (AvgIpc) is 2.25. The molecule has 0 bridgehead atoms. The lowest BCUT2D eigenvalue weighted by atomic mass is 10.2. The van der Waals surface area contributed by atoms with Gasteiger partial charge in [0.2, 0.25) is 6.10 Å². The Labute approximate surface area is 90.6 Å². The predicted molar refractivity (Wildman–Crippen MR) is 51.9 cm³/mol. The van der Waals surface area contributed by atoms with Gasteiger partial charge in [-0.15, -0.1) is 0 Å². The highest BCUT2D eigenvalue weighted by Crippen LogP contribution is 2.24. The van der Waals surface area contributed by atoms with Gasteiger partial charge in [0, 0.05) is 6.54 Å². The fourth-order valence-electron chi connectivity index (χ4n) is 1.09. The molecule has 6 heteroatoms. The molecule has 3 N–H and O–H groups in total. The van der Waals surface area contributed by atoms with Crippen LogP contribution in [0.2, 0.25) is 0 Å². The topological polar surface area (TPSA) is 55.5 Å². The van der Waals surface area contributed by atoms with Gasteiger partial charge in [0.1, 0.15) is 5.75 Å². The number of hydrogen-bond donors (Lipinski definition) is 2. The molecule has 0 amide bonds. The molecule has 0 saturated heterocycles. The van der Waals surface area contributed by atoms with E-state index < -0.39 is 18.8 Å². The summed E-state index contributed by atoms with van der Waals surface area (Å²) in [6.45, 7) is -0.800. The third-order valence-electron chi connectivity index (χ3n) is 1.96. The van der Waals surface area contributed by atoms with E-state index in [9.17, 15) is 13.2 Å². The molecule has 90 valence electrons. The molecular weight excluding hydrogens is 223 g/mol. The quantitative estimate of drug-likeness (QED) is 0.830. The summed E-state index contributed by atoms with van der Waals surface area (Å²) in [5.74, 6) is 0.0741. The van der Waals surface area contributed by atoms with Crippen molar-refractivity contribution in [3.05, 3.63) is 29.8 Å². The van der Waals surface area contributed by atoms with E-state index >= 15 is 0 Å². The van der Waals surface area contributed by atoms with E-state index in [4.69, 9.17) is 15.6 Å². The van der Waals surface area contributed by atoms with Crippen LogP contribution in [0.5, 0.6) is 5.75 Å². The van der Waals surface area contributed by atoms with Gasteiger partial charge >= 0.3 is 6.18 Å². The maximum Gasteiger partial charge on any atom is 0.426 e.